The zero-order valence-corrected chi connectivity index (χ0v) is 10.6. The first-order chi connectivity index (χ1) is 8.13. The molecule has 4 nitrogen and oxygen atoms in total. The van der Waals surface area contributed by atoms with Gasteiger partial charge in [-0.15, -0.1) is 0 Å². The normalized spacial score (nSPS) is 24.3. The molecule has 0 aromatic carbocycles. The van der Waals surface area contributed by atoms with E-state index in [1.165, 1.54) is 0 Å². The van der Waals surface area contributed by atoms with Crippen molar-refractivity contribution < 1.29 is 14.7 Å². The van der Waals surface area contributed by atoms with Gasteiger partial charge in [0.1, 0.15) is 0 Å². The minimum atomic E-state index is -0.721. The predicted molar refractivity (Wildman–Crippen MR) is 65.6 cm³/mol. The Labute approximate surface area is 103 Å². The SMILES string of the molecule is CCCCNC(=O)C1CCC(CC(=O)O)CC1. The van der Waals surface area contributed by atoms with Crippen LogP contribution in [-0.4, -0.2) is 23.5 Å². The van der Waals surface area contributed by atoms with Gasteiger partial charge in [-0.25, -0.2) is 0 Å². The van der Waals surface area contributed by atoms with Crippen LogP contribution in [-0.2, 0) is 9.59 Å². The standard InChI is InChI=1S/C13H23NO3/c1-2-3-8-14-13(17)11-6-4-10(5-7-11)9-12(15)16/h10-11H,2-9H2,1H3,(H,14,17)(H,15,16). The number of carboxylic acids is 1. The zero-order valence-electron chi connectivity index (χ0n) is 10.6. The van der Waals surface area contributed by atoms with E-state index in [-0.39, 0.29) is 24.2 Å². The lowest BCUT2D eigenvalue weighted by molar-refractivity contribution is -0.138. The molecule has 0 aromatic heterocycles. The molecule has 1 amide bonds. The molecule has 1 saturated carbocycles. The molecule has 0 bridgehead atoms. The lowest BCUT2D eigenvalue weighted by Crippen LogP contribution is -2.34. The van der Waals surface area contributed by atoms with Gasteiger partial charge in [-0.1, -0.05) is 13.3 Å². The highest BCUT2D eigenvalue weighted by molar-refractivity contribution is 5.78. The highest BCUT2D eigenvalue weighted by Gasteiger charge is 2.26. The third-order valence-electron chi connectivity index (χ3n) is 3.51. The number of aliphatic carboxylic acids is 1. The molecule has 0 aliphatic heterocycles. The van der Waals surface area contributed by atoms with E-state index in [9.17, 15) is 9.59 Å². The third kappa shape index (κ3) is 5.20. The molecule has 17 heavy (non-hydrogen) atoms. The molecule has 0 saturated heterocycles. The Morgan fingerprint density at radius 2 is 1.88 bits per heavy atom. The van der Waals surface area contributed by atoms with E-state index in [2.05, 4.69) is 12.2 Å². The van der Waals surface area contributed by atoms with E-state index >= 15 is 0 Å². The minimum Gasteiger partial charge on any atom is -0.481 e. The molecule has 0 heterocycles. The van der Waals surface area contributed by atoms with Gasteiger partial charge in [-0.05, 0) is 38.0 Å². The van der Waals surface area contributed by atoms with E-state index in [1.54, 1.807) is 0 Å². The maximum Gasteiger partial charge on any atom is 0.303 e. The Balaban J connectivity index is 2.21. The largest absolute Gasteiger partial charge is 0.481 e. The fourth-order valence-corrected chi connectivity index (χ4v) is 2.41. The summed E-state index contributed by atoms with van der Waals surface area (Å²) in [6, 6.07) is 0. The van der Waals surface area contributed by atoms with Gasteiger partial charge in [0.15, 0.2) is 0 Å². The van der Waals surface area contributed by atoms with Crippen LogP contribution in [0.4, 0.5) is 0 Å². The summed E-state index contributed by atoms with van der Waals surface area (Å²) in [5, 5.41) is 11.7. The van der Waals surface area contributed by atoms with Gasteiger partial charge in [0.25, 0.3) is 0 Å². The van der Waals surface area contributed by atoms with Crippen LogP contribution < -0.4 is 5.32 Å². The van der Waals surface area contributed by atoms with Gasteiger partial charge in [0.2, 0.25) is 5.91 Å². The summed E-state index contributed by atoms with van der Waals surface area (Å²) in [5.74, 6) is -0.183. The number of rotatable bonds is 6. The number of carboxylic acid groups (broad SMARTS) is 1. The Hall–Kier alpha value is -1.06. The fraction of sp³-hybridized carbons (Fsp3) is 0.846. The molecule has 0 atom stereocenters. The van der Waals surface area contributed by atoms with Crippen molar-refractivity contribution in [2.45, 2.75) is 51.9 Å². The highest BCUT2D eigenvalue weighted by atomic mass is 16.4. The number of carbonyl (C=O) groups is 2. The highest BCUT2D eigenvalue weighted by Crippen LogP contribution is 2.30. The van der Waals surface area contributed by atoms with Crippen molar-refractivity contribution in [1.29, 1.82) is 0 Å². The van der Waals surface area contributed by atoms with Crippen molar-refractivity contribution in [3.63, 3.8) is 0 Å². The molecule has 1 fully saturated rings. The molecule has 2 N–H and O–H groups in total. The lowest BCUT2D eigenvalue weighted by atomic mass is 9.80. The summed E-state index contributed by atoms with van der Waals surface area (Å²) < 4.78 is 0. The van der Waals surface area contributed by atoms with Crippen molar-refractivity contribution in [2.24, 2.45) is 11.8 Å². The Bertz CT molecular complexity index is 257. The van der Waals surface area contributed by atoms with Crippen LogP contribution in [0.25, 0.3) is 0 Å². The van der Waals surface area contributed by atoms with E-state index in [0.29, 0.717) is 0 Å². The molecule has 4 heteroatoms. The quantitative estimate of drug-likeness (QED) is 0.700. The van der Waals surface area contributed by atoms with Gasteiger partial charge in [0.05, 0.1) is 0 Å². The fourth-order valence-electron chi connectivity index (χ4n) is 2.41. The van der Waals surface area contributed by atoms with Crippen LogP contribution >= 0.6 is 0 Å². The molecule has 0 aromatic rings. The summed E-state index contributed by atoms with van der Waals surface area (Å²) in [4.78, 5) is 22.4. The van der Waals surface area contributed by atoms with Crippen LogP contribution in [0.15, 0.2) is 0 Å². The van der Waals surface area contributed by atoms with E-state index in [0.717, 1.165) is 45.1 Å². The van der Waals surface area contributed by atoms with Gasteiger partial charge in [-0.3, -0.25) is 9.59 Å². The monoisotopic (exact) mass is 241 g/mol. The van der Waals surface area contributed by atoms with Crippen LogP contribution in [0.3, 0.4) is 0 Å². The first-order valence-electron chi connectivity index (χ1n) is 6.63. The van der Waals surface area contributed by atoms with Crippen molar-refractivity contribution in [3.8, 4) is 0 Å². The summed E-state index contributed by atoms with van der Waals surface area (Å²) in [6.45, 7) is 2.87. The summed E-state index contributed by atoms with van der Waals surface area (Å²) in [5.41, 5.74) is 0. The Morgan fingerprint density at radius 3 is 2.41 bits per heavy atom. The van der Waals surface area contributed by atoms with Gasteiger partial charge >= 0.3 is 5.97 Å². The topological polar surface area (TPSA) is 66.4 Å². The van der Waals surface area contributed by atoms with Crippen LogP contribution in [0.5, 0.6) is 0 Å². The molecule has 1 rings (SSSR count). The van der Waals surface area contributed by atoms with Crippen molar-refractivity contribution in [1.82, 2.24) is 5.32 Å². The molecule has 1 aliphatic carbocycles. The van der Waals surface area contributed by atoms with E-state index in [1.807, 2.05) is 0 Å². The second-order valence-electron chi connectivity index (χ2n) is 4.96. The molecule has 0 radical (unpaired) electrons. The zero-order chi connectivity index (χ0) is 12.7. The molecule has 0 unspecified atom stereocenters. The van der Waals surface area contributed by atoms with Crippen LogP contribution in [0.1, 0.15) is 51.9 Å². The maximum atomic E-state index is 11.8. The minimum absolute atomic E-state index is 0.108. The first-order valence-corrected chi connectivity index (χ1v) is 6.63. The molecule has 1 aliphatic rings. The second-order valence-corrected chi connectivity index (χ2v) is 4.96. The smallest absolute Gasteiger partial charge is 0.303 e. The Kier molecular flexibility index (Phi) is 6.01. The summed E-state index contributed by atoms with van der Waals surface area (Å²) in [6.07, 6.45) is 5.80. The third-order valence-corrected chi connectivity index (χ3v) is 3.51. The number of hydrogen-bond donors (Lipinski definition) is 2. The van der Waals surface area contributed by atoms with Gasteiger partial charge in [0, 0.05) is 18.9 Å². The number of carbonyl (C=O) groups excluding carboxylic acids is 1. The van der Waals surface area contributed by atoms with E-state index < -0.39 is 5.97 Å². The summed E-state index contributed by atoms with van der Waals surface area (Å²) in [7, 11) is 0. The van der Waals surface area contributed by atoms with Crippen LogP contribution in [0.2, 0.25) is 0 Å². The number of hydrogen-bond acceptors (Lipinski definition) is 2. The van der Waals surface area contributed by atoms with Gasteiger partial charge in [-0.2, -0.15) is 0 Å². The van der Waals surface area contributed by atoms with Crippen molar-refractivity contribution >= 4 is 11.9 Å². The lowest BCUT2D eigenvalue weighted by Gasteiger charge is -2.26. The van der Waals surface area contributed by atoms with Crippen molar-refractivity contribution in [3.05, 3.63) is 0 Å². The van der Waals surface area contributed by atoms with E-state index in [4.69, 9.17) is 5.11 Å². The molecular weight excluding hydrogens is 218 g/mol. The number of nitrogens with one attached hydrogen (secondary N) is 1. The average molecular weight is 241 g/mol. The Morgan fingerprint density at radius 1 is 1.24 bits per heavy atom. The number of amides is 1. The number of unbranched alkanes of at least 4 members (excludes halogenated alkanes) is 1. The molecule has 98 valence electrons. The van der Waals surface area contributed by atoms with Gasteiger partial charge < -0.3 is 10.4 Å². The second kappa shape index (κ2) is 7.30. The maximum absolute atomic E-state index is 11.8. The molecular formula is C13H23NO3. The van der Waals surface area contributed by atoms with Crippen LogP contribution in [0, 0.1) is 11.8 Å². The predicted octanol–water partition coefficient (Wildman–Crippen LogP) is 2.18. The summed E-state index contributed by atoms with van der Waals surface area (Å²) >= 11 is 0. The first kappa shape index (κ1) is 14.0. The van der Waals surface area contributed by atoms with Crippen molar-refractivity contribution in [2.75, 3.05) is 6.54 Å². The average Bonchev–Trinajstić information content (AvgIpc) is 2.29. The molecule has 0 spiro atoms.